The maximum atomic E-state index is 14.4. The SMILES string of the molecule is O=C(O)Nc1ccc(Oc2c(F)c(F)c(Oc3ccc(NC(=O)O)cc3)c(F)c2F)cc1. The molecule has 2 amide bonds. The first-order valence-corrected chi connectivity index (χ1v) is 8.57. The van der Waals surface area contributed by atoms with Crippen LogP contribution in [-0.2, 0) is 0 Å². The highest BCUT2D eigenvalue weighted by atomic mass is 19.2. The highest BCUT2D eigenvalue weighted by Gasteiger charge is 2.29. The van der Waals surface area contributed by atoms with Crippen LogP contribution in [0.15, 0.2) is 48.5 Å². The van der Waals surface area contributed by atoms with Crippen molar-refractivity contribution in [1.82, 2.24) is 0 Å². The summed E-state index contributed by atoms with van der Waals surface area (Å²) >= 11 is 0. The maximum Gasteiger partial charge on any atom is 0.409 e. The van der Waals surface area contributed by atoms with Crippen LogP contribution in [0.1, 0.15) is 0 Å². The molecule has 0 saturated carbocycles. The first kappa shape index (κ1) is 22.2. The van der Waals surface area contributed by atoms with Crippen LogP contribution < -0.4 is 20.1 Å². The van der Waals surface area contributed by atoms with Crippen molar-refractivity contribution in [1.29, 1.82) is 0 Å². The van der Waals surface area contributed by atoms with Crippen LogP contribution in [0, 0.1) is 23.3 Å². The molecule has 0 aliphatic rings. The smallest absolute Gasteiger partial charge is 0.409 e. The van der Waals surface area contributed by atoms with Crippen molar-refractivity contribution < 1.29 is 46.8 Å². The second-order valence-corrected chi connectivity index (χ2v) is 6.03. The van der Waals surface area contributed by atoms with E-state index in [0.29, 0.717) is 0 Å². The Balaban J connectivity index is 1.85. The molecule has 3 aromatic carbocycles. The van der Waals surface area contributed by atoms with Gasteiger partial charge in [-0.15, -0.1) is 0 Å². The summed E-state index contributed by atoms with van der Waals surface area (Å²) in [5, 5.41) is 21.3. The third-order valence-electron chi connectivity index (χ3n) is 3.83. The van der Waals surface area contributed by atoms with Crippen molar-refractivity contribution in [3.8, 4) is 23.0 Å². The minimum absolute atomic E-state index is 0.122. The number of amides is 2. The van der Waals surface area contributed by atoms with Crippen LogP contribution in [0.4, 0.5) is 38.5 Å². The van der Waals surface area contributed by atoms with Crippen LogP contribution >= 0.6 is 0 Å². The molecule has 0 aromatic heterocycles. The lowest BCUT2D eigenvalue weighted by molar-refractivity contribution is 0.208. The van der Waals surface area contributed by atoms with Gasteiger partial charge in [-0.05, 0) is 48.5 Å². The molecule has 0 atom stereocenters. The van der Waals surface area contributed by atoms with E-state index in [1.165, 1.54) is 24.3 Å². The van der Waals surface area contributed by atoms with Gasteiger partial charge in [-0.2, -0.15) is 17.6 Å². The van der Waals surface area contributed by atoms with Crippen molar-refractivity contribution in [2.24, 2.45) is 0 Å². The highest BCUT2D eigenvalue weighted by Crippen LogP contribution is 2.39. The molecule has 0 saturated heterocycles. The summed E-state index contributed by atoms with van der Waals surface area (Å²) in [6.07, 6.45) is -2.69. The topological polar surface area (TPSA) is 117 Å². The minimum atomic E-state index is -1.86. The fourth-order valence-electron chi connectivity index (χ4n) is 2.47. The normalized spacial score (nSPS) is 10.4. The fraction of sp³-hybridized carbons (Fsp3) is 0. The van der Waals surface area contributed by atoms with E-state index in [2.05, 4.69) is 0 Å². The van der Waals surface area contributed by atoms with E-state index in [9.17, 15) is 27.2 Å². The average molecular weight is 452 g/mol. The van der Waals surface area contributed by atoms with Crippen molar-refractivity contribution >= 4 is 23.6 Å². The second kappa shape index (κ2) is 9.12. The van der Waals surface area contributed by atoms with Gasteiger partial charge in [0, 0.05) is 11.4 Å². The van der Waals surface area contributed by atoms with E-state index in [1.807, 2.05) is 10.6 Å². The number of hydrogen-bond donors (Lipinski definition) is 4. The molecular formula is C20H12F4N2O6. The summed E-state index contributed by atoms with van der Waals surface area (Å²) in [4.78, 5) is 21.1. The molecule has 0 aliphatic carbocycles. The van der Waals surface area contributed by atoms with E-state index < -0.39 is 47.0 Å². The largest absolute Gasteiger partial charge is 0.465 e. The van der Waals surface area contributed by atoms with E-state index in [4.69, 9.17) is 19.7 Å². The first-order chi connectivity index (χ1) is 15.2. The van der Waals surface area contributed by atoms with Crippen molar-refractivity contribution in [2.75, 3.05) is 10.6 Å². The molecule has 0 bridgehead atoms. The van der Waals surface area contributed by atoms with E-state index in [0.717, 1.165) is 24.3 Å². The van der Waals surface area contributed by atoms with Crippen LogP contribution in [0.25, 0.3) is 0 Å². The average Bonchev–Trinajstić information content (AvgIpc) is 2.74. The third kappa shape index (κ3) is 4.98. The van der Waals surface area contributed by atoms with Gasteiger partial charge in [0.25, 0.3) is 0 Å². The predicted molar refractivity (Wildman–Crippen MR) is 103 cm³/mol. The van der Waals surface area contributed by atoms with E-state index in [1.54, 1.807) is 0 Å². The number of ether oxygens (including phenoxy) is 2. The molecule has 0 fully saturated rings. The molecule has 0 radical (unpaired) electrons. The zero-order valence-corrected chi connectivity index (χ0v) is 15.7. The van der Waals surface area contributed by atoms with Crippen LogP contribution in [0.3, 0.4) is 0 Å². The molecule has 3 aromatic rings. The summed E-state index contributed by atoms with van der Waals surface area (Å²) in [6.45, 7) is 0. The number of anilines is 2. The summed E-state index contributed by atoms with van der Waals surface area (Å²) in [6, 6.07) is 9.29. The van der Waals surface area contributed by atoms with E-state index >= 15 is 0 Å². The number of hydrogen-bond acceptors (Lipinski definition) is 4. The Labute approximate surface area is 176 Å². The first-order valence-electron chi connectivity index (χ1n) is 8.57. The molecule has 0 spiro atoms. The zero-order chi connectivity index (χ0) is 23.4. The van der Waals surface area contributed by atoms with Gasteiger partial charge < -0.3 is 19.7 Å². The third-order valence-corrected chi connectivity index (χ3v) is 3.83. The van der Waals surface area contributed by atoms with Crippen molar-refractivity contribution in [3.63, 3.8) is 0 Å². The van der Waals surface area contributed by atoms with Gasteiger partial charge in [-0.3, -0.25) is 10.6 Å². The Kier molecular flexibility index (Phi) is 6.33. The Hall–Kier alpha value is -4.48. The molecule has 0 heterocycles. The molecule has 32 heavy (non-hydrogen) atoms. The van der Waals surface area contributed by atoms with Crippen LogP contribution in [0.5, 0.6) is 23.0 Å². The Morgan fingerprint density at radius 1 is 0.594 bits per heavy atom. The van der Waals surface area contributed by atoms with Gasteiger partial charge in [-0.1, -0.05) is 0 Å². The molecule has 8 nitrogen and oxygen atoms in total. The summed E-state index contributed by atoms with van der Waals surface area (Å²) in [5.74, 6) is -10.7. The zero-order valence-electron chi connectivity index (χ0n) is 15.7. The van der Waals surface area contributed by atoms with Crippen molar-refractivity contribution in [3.05, 3.63) is 71.8 Å². The summed E-state index contributed by atoms with van der Waals surface area (Å²) in [7, 11) is 0. The molecular weight excluding hydrogens is 440 g/mol. The van der Waals surface area contributed by atoms with Crippen molar-refractivity contribution in [2.45, 2.75) is 0 Å². The summed E-state index contributed by atoms with van der Waals surface area (Å²) in [5.41, 5.74) is 0.243. The van der Waals surface area contributed by atoms with Gasteiger partial charge in [0.15, 0.2) is 0 Å². The molecule has 12 heteroatoms. The number of nitrogens with one attached hydrogen (secondary N) is 2. The number of benzene rings is 3. The number of carbonyl (C=O) groups is 2. The van der Waals surface area contributed by atoms with E-state index in [-0.39, 0.29) is 22.9 Å². The number of rotatable bonds is 6. The van der Waals surface area contributed by atoms with Crippen LogP contribution in [0.2, 0.25) is 0 Å². The van der Waals surface area contributed by atoms with Gasteiger partial charge in [-0.25, -0.2) is 9.59 Å². The van der Waals surface area contributed by atoms with Crippen LogP contribution in [-0.4, -0.2) is 22.4 Å². The lowest BCUT2D eigenvalue weighted by Gasteiger charge is -2.14. The standard InChI is InChI=1S/C20H12F4N2O6/c21-13-15(23)18(32-12-7-3-10(4-8-12)26-20(29)30)16(24)14(22)17(13)31-11-5-1-9(2-6-11)25-19(27)28/h1-8,25-26H,(H,27,28)(H,29,30). The lowest BCUT2D eigenvalue weighted by Crippen LogP contribution is -2.07. The predicted octanol–water partition coefficient (Wildman–Crippen LogP) is 6.01. The highest BCUT2D eigenvalue weighted by molar-refractivity contribution is 5.83. The second-order valence-electron chi connectivity index (χ2n) is 6.03. The summed E-state index contributed by atoms with van der Waals surface area (Å²) < 4.78 is 67.4. The van der Waals surface area contributed by atoms with Gasteiger partial charge >= 0.3 is 12.2 Å². The molecule has 3 rings (SSSR count). The Morgan fingerprint density at radius 2 is 0.875 bits per heavy atom. The molecule has 0 unspecified atom stereocenters. The lowest BCUT2D eigenvalue weighted by atomic mass is 10.2. The quantitative estimate of drug-likeness (QED) is 0.269. The number of carboxylic acid groups (broad SMARTS) is 2. The Bertz CT molecular complexity index is 1050. The minimum Gasteiger partial charge on any atom is -0.465 e. The Morgan fingerprint density at radius 3 is 1.12 bits per heavy atom. The van der Waals surface area contributed by atoms with Gasteiger partial charge in [0.05, 0.1) is 0 Å². The molecule has 4 N–H and O–H groups in total. The molecule has 166 valence electrons. The van der Waals surface area contributed by atoms with Gasteiger partial charge in [0.2, 0.25) is 34.8 Å². The fourth-order valence-corrected chi connectivity index (χ4v) is 2.47. The molecule has 0 aliphatic heterocycles. The monoisotopic (exact) mass is 452 g/mol. The maximum absolute atomic E-state index is 14.4. The number of halogens is 4. The van der Waals surface area contributed by atoms with Gasteiger partial charge in [0.1, 0.15) is 11.5 Å².